The van der Waals surface area contributed by atoms with E-state index in [0.29, 0.717) is 11.8 Å². The average Bonchev–Trinajstić information content (AvgIpc) is 3.42. The molecule has 33 heavy (non-hydrogen) atoms. The normalized spacial score (nSPS) is 23.5. The first-order chi connectivity index (χ1) is 16.0. The molecule has 0 heterocycles. The molecule has 5 rings (SSSR count). The molecule has 168 valence electrons. The Hall–Kier alpha value is -2.91. The van der Waals surface area contributed by atoms with E-state index >= 15 is 0 Å². The van der Waals surface area contributed by atoms with Gasteiger partial charge >= 0.3 is 0 Å². The Morgan fingerprint density at radius 3 is 1.61 bits per heavy atom. The van der Waals surface area contributed by atoms with Gasteiger partial charge in [0.2, 0.25) is 0 Å². The van der Waals surface area contributed by atoms with E-state index in [1.807, 2.05) is 0 Å². The fraction of sp³-hybridized carbons (Fsp3) is 0.300. The summed E-state index contributed by atoms with van der Waals surface area (Å²) in [6.45, 7) is 2.14. The Balaban J connectivity index is 1.53. The minimum atomic E-state index is -2.60. The van der Waals surface area contributed by atoms with E-state index < -0.39 is 13.7 Å². The van der Waals surface area contributed by atoms with Gasteiger partial charge in [-0.1, -0.05) is 103 Å². The van der Waals surface area contributed by atoms with Crippen molar-refractivity contribution in [3.63, 3.8) is 0 Å². The highest BCUT2D eigenvalue weighted by Crippen LogP contribution is 2.53. The third-order valence-electron chi connectivity index (χ3n) is 7.56. The molecule has 0 spiro atoms. The maximum absolute atomic E-state index is 13.9. The van der Waals surface area contributed by atoms with Crippen molar-refractivity contribution in [1.29, 1.82) is 0 Å². The maximum Gasteiger partial charge on any atom is 0.299 e. The van der Waals surface area contributed by atoms with Crippen LogP contribution in [0.5, 0.6) is 0 Å². The Bertz CT molecular complexity index is 1010. The molecule has 0 aliphatic heterocycles. The predicted molar refractivity (Wildman–Crippen MR) is 136 cm³/mol. The van der Waals surface area contributed by atoms with Crippen molar-refractivity contribution in [2.75, 3.05) is 0 Å². The van der Waals surface area contributed by atoms with Crippen molar-refractivity contribution in [2.24, 2.45) is 17.3 Å². The Morgan fingerprint density at radius 2 is 1.24 bits per heavy atom. The number of hydrogen-bond acceptors (Lipinski definition) is 2. The van der Waals surface area contributed by atoms with Gasteiger partial charge in [0.25, 0.3) is 14.3 Å². The highest BCUT2D eigenvalue weighted by atomic mass is 28.4. The summed E-state index contributed by atoms with van der Waals surface area (Å²) in [5.41, 5.74) is 3.35. The summed E-state index contributed by atoms with van der Waals surface area (Å²) in [5, 5.41) is 0. The number of fused-ring (bicyclic) bond motifs is 2. The van der Waals surface area contributed by atoms with E-state index in [1.54, 1.807) is 0 Å². The van der Waals surface area contributed by atoms with E-state index in [1.165, 1.54) is 16.7 Å². The quantitative estimate of drug-likeness (QED) is 0.291. The number of allylic oxidation sites excluding steroid dienone is 2. The van der Waals surface area contributed by atoms with Gasteiger partial charge in [0.15, 0.2) is 0 Å². The lowest BCUT2D eigenvalue weighted by atomic mass is 9.78. The number of hydrogen-bond donors (Lipinski definition) is 0. The third kappa shape index (κ3) is 4.74. The van der Waals surface area contributed by atoms with Crippen molar-refractivity contribution in [3.05, 3.63) is 120 Å². The molecule has 3 heteroatoms. The van der Waals surface area contributed by atoms with Crippen LogP contribution in [0, 0.1) is 17.3 Å². The van der Waals surface area contributed by atoms with Gasteiger partial charge in [0.1, 0.15) is 0 Å². The molecule has 2 aliphatic carbocycles. The third-order valence-corrected chi connectivity index (χ3v) is 11.3. The van der Waals surface area contributed by atoms with E-state index in [-0.39, 0.29) is 5.97 Å². The molecule has 2 nitrogen and oxygen atoms in total. The van der Waals surface area contributed by atoms with Crippen LogP contribution in [0.25, 0.3) is 0 Å². The van der Waals surface area contributed by atoms with Gasteiger partial charge in [0, 0.05) is 18.1 Å². The van der Waals surface area contributed by atoms with Crippen molar-refractivity contribution in [1.82, 2.24) is 0 Å². The minimum Gasteiger partial charge on any atom is -0.518 e. The summed E-state index contributed by atoms with van der Waals surface area (Å²) in [6, 6.07) is 34.2. The SMILES string of the molecule is CC1(C(=O)O[Si](Cc2ccccc2)(Cc2ccccc2)Cc2ccccc2)CC2C=CC1C2. The molecule has 0 N–H and O–H groups in total. The van der Waals surface area contributed by atoms with Crippen LogP contribution >= 0.6 is 0 Å². The molecule has 2 bridgehead atoms. The molecule has 0 saturated heterocycles. The highest BCUT2D eigenvalue weighted by molar-refractivity contribution is 6.73. The lowest BCUT2D eigenvalue weighted by Gasteiger charge is -2.37. The lowest BCUT2D eigenvalue weighted by molar-refractivity contribution is -0.147. The molecule has 2 aliphatic rings. The van der Waals surface area contributed by atoms with Crippen molar-refractivity contribution in [2.45, 2.75) is 37.9 Å². The second-order valence-electron chi connectivity index (χ2n) is 10.2. The molecule has 3 unspecified atom stereocenters. The summed E-state index contributed by atoms with van der Waals surface area (Å²) >= 11 is 0. The fourth-order valence-corrected chi connectivity index (χ4v) is 10.00. The van der Waals surface area contributed by atoms with Gasteiger partial charge in [-0.15, -0.1) is 0 Å². The zero-order valence-corrected chi connectivity index (χ0v) is 20.3. The van der Waals surface area contributed by atoms with Crippen LogP contribution in [-0.2, 0) is 27.4 Å². The smallest absolute Gasteiger partial charge is 0.299 e. The first kappa shape index (κ1) is 21.9. The van der Waals surface area contributed by atoms with E-state index in [4.69, 9.17) is 4.43 Å². The number of carbonyl (C=O) groups excluding carboxylic acids is 1. The zero-order chi connectivity index (χ0) is 22.7. The molecule has 1 saturated carbocycles. The van der Waals surface area contributed by atoms with E-state index in [0.717, 1.165) is 31.0 Å². The summed E-state index contributed by atoms with van der Waals surface area (Å²) in [5.74, 6) is 0.863. The first-order valence-electron chi connectivity index (χ1n) is 12.1. The maximum atomic E-state index is 13.9. The minimum absolute atomic E-state index is 0.0220. The number of rotatable bonds is 8. The second kappa shape index (κ2) is 9.15. The molecule has 0 aromatic heterocycles. The van der Waals surface area contributed by atoms with Crippen LogP contribution in [0.3, 0.4) is 0 Å². The Morgan fingerprint density at radius 1 is 0.788 bits per heavy atom. The van der Waals surface area contributed by atoms with Crippen LogP contribution in [0.2, 0.25) is 0 Å². The molecule has 3 aromatic carbocycles. The van der Waals surface area contributed by atoms with E-state index in [9.17, 15) is 4.79 Å². The summed E-state index contributed by atoms with van der Waals surface area (Å²) in [7, 11) is -2.60. The highest BCUT2D eigenvalue weighted by Gasteiger charge is 2.53. The molecule has 1 fully saturated rings. The van der Waals surface area contributed by atoms with Crippen molar-refractivity contribution in [3.8, 4) is 0 Å². The van der Waals surface area contributed by atoms with Gasteiger partial charge < -0.3 is 4.43 Å². The molecule has 0 amide bonds. The van der Waals surface area contributed by atoms with Crippen LogP contribution in [-0.4, -0.2) is 14.3 Å². The van der Waals surface area contributed by atoms with E-state index in [2.05, 4.69) is 110 Å². The summed E-state index contributed by atoms with van der Waals surface area (Å²) in [6.07, 6.45) is 6.56. The number of benzene rings is 3. The van der Waals surface area contributed by atoms with Gasteiger partial charge in [-0.05, 0) is 48.3 Å². The van der Waals surface area contributed by atoms with Crippen molar-refractivity contribution < 1.29 is 9.22 Å². The topological polar surface area (TPSA) is 26.3 Å². The van der Waals surface area contributed by atoms with Gasteiger partial charge in [-0.25, -0.2) is 0 Å². The van der Waals surface area contributed by atoms with Gasteiger partial charge in [-0.2, -0.15) is 0 Å². The van der Waals surface area contributed by atoms with Gasteiger partial charge in [0.05, 0.1) is 5.41 Å². The number of carbonyl (C=O) groups is 1. The van der Waals surface area contributed by atoms with Crippen LogP contribution in [0.15, 0.2) is 103 Å². The molecule has 3 aromatic rings. The molecule has 0 radical (unpaired) electrons. The molecule has 3 atom stereocenters. The van der Waals surface area contributed by atoms with Crippen LogP contribution in [0.4, 0.5) is 0 Å². The monoisotopic (exact) mass is 452 g/mol. The standard InChI is InChI=1S/C30H32O2Si/c1-30(20-27-17-18-28(30)19-27)29(31)32-33(21-24-11-5-2-6-12-24,22-25-13-7-3-8-14-25)23-26-15-9-4-10-16-26/h2-18,27-28H,19-23H2,1H3. The average molecular weight is 453 g/mol. The zero-order valence-electron chi connectivity index (χ0n) is 19.3. The summed E-state index contributed by atoms with van der Waals surface area (Å²) < 4.78 is 6.86. The van der Waals surface area contributed by atoms with Crippen LogP contribution < -0.4 is 0 Å². The lowest BCUT2D eigenvalue weighted by Crippen LogP contribution is -2.52. The first-order valence-corrected chi connectivity index (χ1v) is 14.6. The second-order valence-corrected chi connectivity index (χ2v) is 13.8. The van der Waals surface area contributed by atoms with Crippen LogP contribution in [0.1, 0.15) is 36.5 Å². The van der Waals surface area contributed by atoms with Gasteiger partial charge in [-0.3, -0.25) is 4.79 Å². The Labute approximate surface area is 198 Å². The largest absolute Gasteiger partial charge is 0.518 e. The molecular weight excluding hydrogens is 420 g/mol. The summed E-state index contributed by atoms with van der Waals surface area (Å²) in [4.78, 5) is 13.9. The van der Waals surface area contributed by atoms with Crippen molar-refractivity contribution >= 4 is 14.3 Å². The molecular formula is C30H32O2Si. The Kier molecular flexibility index (Phi) is 6.07. The predicted octanol–water partition coefficient (Wildman–Crippen LogP) is 6.42. The fourth-order valence-electron chi connectivity index (χ4n) is 5.84.